The standard InChI is InChI=1S/C21H12FNO4S2/c22-14-2-1-3-15(10-14)23-19(24)18(29-21(23)28)11-16-8-9-17(27-16)12-4-6-13(7-5-12)20(25)26/h1-11H,(H,25,26). The van der Waals surface area contributed by atoms with Crippen LogP contribution in [0.25, 0.3) is 17.4 Å². The fraction of sp³-hybridized carbons (Fsp3) is 0. The minimum Gasteiger partial charge on any atom is -0.478 e. The van der Waals surface area contributed by atoms with Crippen LogP contribution in [0.3, 0.4) is 0 Å². The van der Waals surface area contributed by atoms with Gasteiger partial charge in [0.1, 0.15) is 17.3 Å². The molecule has 0 saturated carbocycles. The van der Waals surface area contributed by atoms with Gasteiger partial charge in [0.15, 0.2) is 4.32 Å². The Kier molecular flexibility index (Phi) is 5.04. The summed E-state index contributed by atoms with van der Waals surface area (Å²) in [6.45, 7) is 0. The van der Waals surface area contributed by atoms with E-state index in [0.29, 0.717) is 32.0 Å². The van der Waals surface area contributed by atoms with Gasteiger partial charge in [-0.15, -0.1) is 0 Å². The van der Waals surface area contributed by atoms with E-state index in [1.807, 2.05) is 0 Å². The summed E-state index contributed by atoms with van der Waals surface area (Å²) in [5.74, 6) is -0.827. The van der Waals surface area contributed by atoms with Gasteiger partial charge < -0.3 is 9.52 Å². The van der Waals surface area contributed by atoms with Crippen molar-refractivity contribution >= 4 is 51.9 Å². The average molecular weight is 425 g/mol. The Morgan fingerprint density at radius 1 is 1.14 bits per heavy atom. The Morgan fingerprint density at radius 2 is 1.90 bits per heavy atom. The number of rotatable bonds is 4. The topological polar surface area (TPSA) is 70.8 Å². The molecule has 29 heavy (non-hydrogen) atoms. The van der Waals surface area contributed by atoms with Crippen LogP contribution >= 0.6 is 24.0 Å². The summed E-state index contributed by atoms with van der Waals surface area (Å²) in [6, 6.07) is 15.4. The molecule has 1 amide bonds. The van der Waals surface area contributed by atoms with Crippen molar-refractivity contribution in [2.75, 3.05) is 4.90 Å². The van der Waals surface area contributed by atoms with Crippen molar-refractivity contribution in [1.29, 1.82) is 0 Å². The second kappa shape index (κ2) is 7.65. The minimum atomic E-state index is -1.00. The van der Waals surface area contributed by atoms with Crippen molar-refractivity contribution in [1.82, 2.24) is 0 Å². The van der Waals surface area contributed by atoms with Gasteiger partial charge in [-0.2, -0.15) is 0 Å². The number of carboxylic acids is 1. The summed E-state index contributed by atoms with van der Waals surface area (Å²) in [6.07, 6.45) is 1.58. The predicted octanol–water partition coefficient (Wildman–Crippen LogP) is 5.19. The third-order valence-electron chi connectivity index (χ3n) is 4.18. The zero-order valence-electron chi connectivity index (χ0n) is 14.7. The van der Waals surface area contributed by atoms with Gasteiger partial charge in [-0.05, 0) is 42.5 Å². The van der Waals surface area contributed by atoms with Crippen LogP contribution in [0.5, 0.6) is 0 Å². The van der Waals surface area contributed by atoms with Crippen LogP contribution in [0.1, 0.15) is 16.1 Å². The minimum absolute atomic E-state index is 0.182. The Hall–Kier alpha value is -3.23. The zero-order valence-corrected chi connectivity index (χ0v) is 16.3. The number of thiocarbonyl (C=S) groups is 1. The Morgan fingerprint density at radius 3 is 2.59 bits per heavy atom. The number of furan rings is 1. The first-order valence-electron chi connectivity index (χ1n) is 8.39. The summed E-state index contributed by atoms with van der Waals surface area (Å²) in [4.78, 5) is 25.3. The predicted molar refractivity (Wildman–Crippen MR) is 113 cm³/mol. The summed E-state index contributed by atoms with van der Waals surface area (Å²) in [5, 5.41) is 8.97. The van der Waals surface area contributed by atoms with Gasteiger partial charge in [0.05, 0.1) is 16.2 Å². The van der Waals surface area contributed by atoms with Crippen molar-refractivity contribution in [2.45, 2.75) is 0 Å². The number of amides is 1. The van der Waals surface area contributed by atoms with Crippen molar-refractivity contribution in [3.63, 3.8) is 0 Å². The number of hydrogen-bond acceptors (Lipinski definition) is 5. The molecule has 1 aromatic heterocycles. The van der Waals surface area contributed by atoms with E-state index < -0.39 is 11.8 Å². The van der Waals surface area contributed by atoms with E-state index >= 15 is 0 Å². The molecule has 1 saturated heterocycles. The molecule has 2 aromatic carbocycles. The van der Waals surface area contributed by atoms with Gasteiger partial charge in [0.2, 0.25) is 0 Å². The van der Waals surface area contributed by atoms with Gasteiger partial charge in [-0.1, -0.05) is 42.2 Å². The quantitative estimate of drug-likeness (QED) is 0.458. The van der Waals surface area contributed by atoms with Gasteiger partial charge in [0, 0.05) is 11.6 Å². The fourth-order valence-electron chi connectivity index (χ4n) is 2.80. The molecular formula is C21H12FNO4S2. The van der Waals surface area contributed by atoms with Gasteiger partial charge in [0.25, 0.3) is 5.91 Å². The molecule has 0 aliphatic carbocycles. The number of halogens is 1. The molecular weight excluding hydrogens is 413 g/mol. The van der Waals surface area contributed by atoms with E-state index in [9.17, 15) is 14.0 Å². The number of carboxylic acid groups (broad SMARTS) is 1. The molecule has 0 radical (unpaired) electrons. The maximum atomic E-state index is 13.5. The van der Waals surface area contributed by atoms with Gasteiger partial charge in [-0.25, -0.2) is 9.18 Å². The van der Waals surface area contributed by atoms with Gasteiger partial charge in [-0.3, -0.25) is 9.69 Å². The summed E-state index contributed by atoms with van der Waals surface area (Å²) < 4.78 is 19.6. The molecule has 5 nitrogen and oxygen atoms in total. The van der Waals surface area contributed by atoms with Crippen molar-refractivity contribution in [2.24, 2.45) is 0 Å². The first-order valence-corrected chi connectivity index (χ1v) is 9.62. The Bertz CT molecular complexity index is 1170. The third-order valence-corrected chi connectivity index (χ3v) is 5.48. The molecule has 1 N–H and O–H groups in total. The van der Waals surface area contributed by atoms with Crippen molar-refractivity contribution < 1.29 is 23.5 Å². The van der Waals surface area contributed by atoms with E-state index in [2.05, 4.69) is 0 Å². The molecule has 0 spiro atoms. The number of benzene rings is 2. The Balaban J connectivity index is 1.58. The molecule has 0 bridgehead atoms. The highest BCUT2D eigenvalue weighted by Crippen LogP contribution is 2.36. The molecule has 2 heterocycles. The molecule has 0 unspecified atom stereocenters. The lowest BCUT2D eigenvalue weighted by Crippen LogP contribution is -2.27. The largest absolute Gasteiger partial charge is 0.478 e. The van der Waals surface area contributed by atoms with E-state index in [1.165, 1.54) is 35.2 Å². The molecule has 4 rings (SSSR count). The lowest BCUT2D eigenvalue weighted by molar-refractivity contribution is -0.113. The van der Waals surface area contributed by atoms with Crippen molar-refractivity contribution in [3.05, 3.63) is 82.7 Å². The lowest BCUT2D eigenvalue weighted by Gasteiger charge is -2.14. The molecule has 3 aromatic rings. The summed E-state index contributed by atoms with van der Waals surface area (Å²) in [7, 11) is 0. The smallest absolute Gasteiger partial charge is 0.335 e. The van der Waals surface area contributed by atoms with Crippen molar-refractivity contribution in [3.8, 4) is 11.3 Å². The molecule has 144 valence electrons. The van der Waals surface area contributed by atoms with E-state index in [-0.39, 0.29) is 11.5 Å². The number of anilines is 1. The number of thioether (sulfide) groups is 1. The highest BCUT2D eigenvalue weighted by Gasteiger charge is 2.33. The normalized spacial score (nSPS) is 15.3. The highest BCUT2D eigenvalue weighted by atomic mass is 32.2. The van der Waals surface area contributed by atoms with Crippen LogP contribution in [0.4, 0.5) is 10.1 Å². The van der Waals surface area contributed by atoms with Crippen LogP contribution in [-0.4, -0.2) is 21.3 Å². The van der Waals surface area contributed by atoms with Crippen LogP contribution < -0.4 is 4.90 Å². The van der Waals surface area contributed by atoms with E-state index in [0.717, 1.165) is 11.8 Å². The number of aromatic carboxylic acids is 1. The summed E-state index contributed by atoms with van der Waals surface area (Å²) in [5.41, 5.74) is 1.26. The number of carbonyl (C=O) groups is 2. The van der Waals surface area contributed by atoms with Crippen LogP contribution in [0, 0.1) is 5.82 Å². The molecule has 1 aliphatic heterocycles. The molecule has 0 atom stereocenters. The Labute approximate surface area is 174 Å². The molecule has 8 heteroatoms. The van der Waals surface area contributed by atoms with E-state index in [1.54, 1.807) is 36.4 Å². The van der Waals surface area contributed by atoms with Crippen LogP contribution in [0.15, 0.2) is 70.0 Å². The van der Waals surface area contributed by atoms with Crippen LogP contribution in [-0.2, 0) is 4.79 Å². The molecule has 1 aliphatic rings. The highest BCUT2D eigenvalue weighted by molar-refractivity contribution is 8.27. The number of hydrogen-bond donors (Lipinski definition) is 1. The first-order chi connectivity index (χ1) is 13.9. The molecule has 1 fully saturated rings. The maximum Gasteiger partial charge on any atom is 0.335 e. The monoisotopic (exact) mass is 425 g/mol. The number of nitrogens with zero attached hydrogens (tertiary/aromatic N) is 1. The van der Waals surface area contributed by atoms with Gasteiger partial charge >= 0.3 is 5.97 Å². The first kappa shape index (κ1) is 19.1. The zero-order chi connectivity index (χ0) is 20.5. The third kappa shape index (κ3) is 3.85. The van der Waals surface area contributed by atoms with Crippen LogP contribution in [0.2, 0.25) is 0 Å². The maximum absolute atomic E-state index is 13.5. The lowest BCUT2D eigenvalue weighted by atomic mass is 10.1. The average Bonchev–Trinajstić information content (AvgIpc) is 3.26. The second-order valence-electron chi connectivity index (χ2n) is 6.08. The SMILES string of the molecule is O=C(O)c1ccc(-c2ccc(C=C3SC(=S)N(c4cccc(F)c4)C3=O)o2)cc1. The number of carbonyl (C=O) groups excluding carboxylic acids is 1. The second-order valence-corrected chi connectivity index (χ2v) is 7.76. The van der Waals surface area contributed by atoms with E-state index in [4.69, 9.17) is 21.7 Å². The fourth-order valence-corrected chi connectivity index (χ4v) is 4.08. The summed E-state index contributed by atoms with van der Waals surface area (Å²) >= 11 is 6.39.